The molecule has 0 aliphatic rings. The fourth-order valence-corrected chi connectivity index (χ4v) is 1.15. The molecule has 2 N–H and O–H groups in total. The van der Waals surface area contributed by atoms with Crippen molar-refractivity contribution < 1.29 is 9.65 Å². The third-order valence-electron chi connectivity index (χ3n) is 1.86. The second-order valence-corrected chi connectivity index (χ2v) is 2.78. The van der Waals surface area contributed by atoms with Gasteiger partial charge in [0.2, 0.25) is 0 Å². The van der Waals surface area contributed by atoms with E-state index in [2.05, 4.69) is 10.2 Å². The van der Waals surface area contributed by atoms with Gasteiger partial charge >= 0.3 is 5.95 Å². The Morgan fingerprint density at radius 1 is 1.40 bits per heavy atom. The molecule has 2 rings (SSSR count). The highest BCUT2D eigenvalue weighted by Gasteiger charge is 2.12. The van der Waals surface area contributed by atoms with Crippen LogP contribution in [0.4, 0.5) is 11.6 Å². The smallest absolute Gasteiger partial charge is 0.413 e. The van der Waals surface area contributed by atoms with Gasteiger partial charge in [-0.3, -0.25) is 15.8 Å². The molecule has 0 aliphatic heterocycles. The first-order valence-corrected chi connectivity index (χ1v) is 3.89. The first-order valence-electron chi connectivity index (χ1n) is 3.89. The van der Waals surface area contributed by atoms with Crippen molar-refractivity contribution in [2.45, 2.75) is 0 Å². The zero-order valence-electron chi connectivity index (χ0n) is 7.32. The molecule has 0 unspecified atom stereocenters. The molecule has 0 atom stereocenters. The van der Waals surface area contributed by atoms with E-state index in [0.717, 1.165) is 6.07 Å². The first-order chi connectivity index (χ1) is 7.09. The zero-order chi connectivity index (χ0) is 11.0. The topological polar surface area (TPSA) is 122 Å². The average molecular weight is 207 g/mol. The van der Waals surface area contributed by atoms with Gasteiger partial charge in [0.1, 0.15) is 11.0 Å². The molecule has 1 aromatic heterocycles. The summed E-state index contributed by atoms with van der Waals surface area (Å²) in [6, 6.07) is 3.65. The zero-order valence-corrected chi connectivity index (χ0v) is 7.32. The van der Waals surface area contributed by atoms with Gasteiger partial charge in [-0.05, 0) is 6.07 Å². The SMILES string of the molecule is Nc1nnc2cc([N+](=O)[O-])ccc2[n+]1[O-]. The third kappa shape index (κ3) is 1.37. The molecule has 0 saturated heterocycles. The minimum Gasteiger partial charge on any atom is -0.740 e. The number of non-ortho nitro benzene ring substituents is 1. The summed E-state index contributed by atoms with van der Waals surface area (Å²) in [5.41, 5.74) is 5.35. The van der Waals surface area contributed by atoms with Gasteiger partial charge in [-0.15, -0.1) is 0 Å². The molecule has 0 spiro atoms. The number of aromatic nitrogens is 3. The van der Waals surface area contributed by atoms with Crippen LogP contribution in [0.3, 0.4) is 0 Å². The maximum Gasteiger partial charge on any atom is 0.413 e. The normalized spacial score (nSPS) is 10.4. The fourth-order valence-electron chi connectivity index (χ4n) is 1.15. The number of nitro benzene ring substituents is 1. The lowest BCUT2D eigenvalue weighted by Gasteiger charge is -2.06. The molecule has 0 saturated carbocycles. The predicted molar refractivity (Wildman–Crippen MR) is 49.6 cm³/mol. The number of hydrogen-bond donors (Lipinski definition) is 1. The van der Waals surface area contributed by atoms with Crippen molar-refractivity contribution in [2.75, 3.05) is 5.73 Å². The van der Waals surface area contributed by atoms with Crippen LogP contribution in [0.15, 0.2) is 18.2 Å². The highest BCUT2D eigenvalue weighted by Crippen LogP contribution is 2.16. The van der Waals surface area contributed by atoms with Crippen LogP contribution in [0, 0.1) is 15.3 Å². The van der Waals surface area contributed by atoms with Gasteiger partial charge < -0.3 is 5.21 Å². The second kappa shape index (κ2) is 3.01. The number of nitro groups is 1. The van der Waals surface area contributed by atoms with Gasteiger partial charge in [0.25, 0.3) is 5.69 Å². The quantitative estimate of drug-likeness (QED) is 0.298. The Labute approximate surface area is 82.7 Å². The van der Waals surface area contributed by atoms with Crippen molar-refractivity contribution >= 4 is 22.7 Å². The van der Waals surface area contributed by atoms with Crippen LogP contribution in [0.5, 0.6) is 0 Å². The van der Waals surface area contributed by atoms with Crippen molar-refractivity contribution in [3.8, 4) is 0 Å². The number of hydrogen-bond acceptors (Lipinski definition) is 6. The molecule has 1 aromatic carbocycles. The largest absolute Gasteiger partial charge is 0.740 e. The molecule has 8 nitrogen and oxygen atoms in total. The summed E-state index contributed by atoms with van der Waals surface area (Å²) in [7, 11) is 0. The number of nitrogens with zero attached hydrogens (tertiary/aromatic N) is 4. The standard InChI is InChI=1S/C7H5N5O3/c8-7-10-9-5-3-4(12(14)15)1-2-6(5)11(7)13/h1-3H,(H2,8,10). The Hall–Kier alpha value is -2.51. The predicted octanol–water partition coefficient (Wildman–Crippen LogP) is -0.246. The summed E-state index contributed by atoms with van der Waals surface area (Å²) in [5, 5.41) is 28.7. The summed E-state index contributed by atoms with van der Waals surface area (Å²) < 4.78 is 0.367. The van der Waals surface area contributed by atoms with Gasteiger partial charge in [0.15, 0.2) is 0 Å². The lowest BCUT2D eigenvalue weighted by molar-refractivity contribution is -0.564. The Morgan fingerprint density at radius 3 is 2.80 bits per heavy atom. The van der Waals surface area contributed by atoms with E-state index in [1.807, 2.05) is 0 Å². The van der Waals surface area contributed by atoms with Crippen molar-refractivity contribution in [1.82, 2.24) is 10.2 Å². The van der Waals surface area contributed by atoms with Crippen molar-refractivity contribution in [3.63, 3.8) is 0 Å². The third-order valence-corrected chi connectivity index (χ3v) is 1.86. The van der Waals surface area contributed by atoms with E-state index in [-0.39, 0.29) is 22.7 Å². The van der Waals surface area contributed by atoms with Crippen LogP contribution < -0.4 is 10.5 Å². The fraction of sp³-hybridized carbons (Fsp3) is 0. The van der Waals surface area contributed by atoms with Gasteiger partial charge in [-0.25, -0.2) is 4.73 Å². The summed E-state index contributed by atoms with van der Waals surface area (Å²) in [5.74, 6) is -0.295. The summed E-state index contributed by atoms with van der Waals surface area (Å²) in [4.78, 5) is 9.87. The van der Waals surface area contributed by atoms with E-state index in [1.165, 1.54) is 12.1 Å². The Balaban J connectivity index is 2.75. The molecule has 15 heavy (non-hydrogen) atoms. The average Bonchev–Trinajstić information content (AvgIpc) is 2.23. The molecule has 0 fully saturated rings. The van der Waals surface area contributed by atoms with Gasteiger partial charge in [-0.1, -0.05) is 5.10 Å². The van der Waals surface area contributed by atoms with E-state index in [0.29, 0.717) is 4.73 Å². The first kappa shape index (κ1) is 9.06. The maximum atomic E-state index is 11.3. The molecule has 0 amide bonds. The number of nitrogen functional groups attached to an aromatic ring is 1. The van der Waals surface area contributed by atoms with E-state index in [4.69, 9.17) is 5.73 Å². The molecule has 8 heteroatoms. The summed E-state index contributed by atoms with van der Waals surface area (Å²) >= 11 is 0. The summed E-state index contributed by atoms with van der Waals surface area (Å²) in [6.45, 7) is 0. The molecule has 0 radical (unpaired) electrons. The second-order valence-electron chi connectivity index (χ2n) is 2.78. The number of fused-ring (bicyclic) bond motifs is 1. The Bertz CT molecular complexity index is 556. The highest BCUT2D eigenvalue weighted by molar-refractivity contribution is 5.73. The van der Waals surface area contributed by atoms with E-state index in [1.54, 1.807) is 0 Å². The molecule has 76 valence electrons. The van der Waals surface area contributed by atoms with Crippen molar-refractivity contribution in [3.05, 3.63) is 33.5 Å². The minimum absolute atomic E-state index is 0.133. The van der Waals surface area contributed by atoms with Crippen molar-refractivity contribution in [2.24, 2.45) is 0 Å². The number of rotatable bonds is 1. The van der Waals surface area contributed by atoms with Gasteiger partial charge in [0.05, 0.1) is 4.92 Å². The van der Waals surface area contributed by atoms with E-state index in [9.17, 15) is 15.3 Å². The molecule has 0 bridgehead atoms. The van der Waals surface area contributed by atoms with Gasteiger partial charge in [0, 0.05) is 17.2 Å². The molecule has 2 aromatic rings. The lowest BCUT2D eigenvalue weighted by atomic mass is 10.3. The van der Waals surface area contributed by atoms with Crippen molar-refractivity contribution in [1.29, 1.82) is 0 Å². The molecular formula is C7H5N5O3. The minimum atomic E-state index is -0.577. The van der Waals surface area contributed by atoms with Crippen LogP contribution >= 0.6 is 0 Å². The Kier molecular flexibility index (Phi) is 1.82. The number of benzene rings is 1. The van der Waals surface area contributed by atoms with Crippen LogP contribution in [0.1, 0.15) is 0 Å². The van der Waals surface area contributed by atoms with E-state index < -0.39 is 4.92 Å². The number of nitrogens with two attached hydrogens (primary N) is 1. The summed E-state index contributed by atoms with van der Waals surface area (Å²) in [6.07, 6.45) is 0. The van der Waals surface area contributed by atoms with Crippen LogP contribution in [-0.2, 0) is 0 Å². The molecular weight excluding hydrogens is 202 g/mol. The monoisotopic (exact) mass is 207 g/mol. The van der Waals surface area contributed by atoms with Crippen LogP contribution in [0.25, 0.3) is 11.0 Å². The van der Waals surface area contributed by atoms with E-state index >= 15 is 0 Å². The van der Waals surface area contributed by atoms with Gasteiger partial charge in [-0.2, -0.15) is 0 Å². The lowest BCUT2D eigenvalue weighted by Crippen LogP contribution is -2.33. The molecule has 0 aliphatic carbocycles. The van der Waals surface area contributed by atoms with Crippen LogP contribution in [0.2, 0.25) is 0 Å². The number of anilines is 1. The maximum absolute atomic E-state index is 11.3. The molecule has 1 heterocycles. The van der Waals surface area contributed by atoms with Crippen LogP contribution in [-0.4, -0.2) is 15.1 Å². The highest BCUT2D eigenvalue weighted by atomic mass is 16.6. The Morgan fingerprint density at radius 2 is 2.13 bits per heavy atom.